The zero-order chi connectivity index (χ0) is 21.8. The van der Waals surface area contributed by atoms with Crippen molar-refractivity contribution in [2.24, 2.45) is 5.41 Å². The van der Waals surface area contributed by atoms with Crippen molar-refractivity contribution < 1.29 is 9.22 Å². The van der Waals surface area contributed by atoms with Crippen LogP contribution in [0.25, 0.3) is 0 Å². The predicted octanol–water partition coefficient (Wildman–Crippen LogP) is 5.66. The smallest absolute Gasteiger partial charge is 0.261 e. The molecular weight excluding hydrogens is 384 g/mol. The second-order valence-electron chi connectivity index (χ2n) is 10.0. The molecule has 2 atom stereocenters. The Bertz CT molecular complexity index is 814. The lowest BCUT2D eigenvalue weighted by Crippen LogP contribution is -2.69. The second-order valence-corrected chi connectivity index (χ2v) is 14.3. The molecule has 0 aromatic heterocycles. The van der Waals surface area contributed by atoms with Gasteiger partial charge in [0.05, 0.1) is 6.10 Å². The first kappa shape index (κ1) is 22.7. The van der Waals surface area contributed by atoms with Crippen LogP contribution in [0.15, 0.2) is 73.3 Å². The summed E-state index contributed by atoms with van der Waals surface area (Å²) in [6.45, 7) is 13.1. The zero-order valence-corrected chi connectivity index (χ0v) is 20.0. The molecule has 0 heterocycles. The van der Waals surface area contributed by atoms with Gasteiger partial charge in [0.25, 0.3) is 8.32 Å². The standard InChI is InChI=1S/C27H36O2Si/c1-6-7-20-27(5)21-22(28)18-19-25(27)29-30(26(2,3)4,23-14-10-8-11-15-23)24-16-12-9-13-17-24/h6,8-17,25H,1,7,18-21H2,2-5H3/t25-,27-/m1/s1. The van der Waals surface area contributed by atoms with E-state index < -0.39 is 8.32 Å². The lowest BCUT2D eigenvalue weighted by molar-refractivity contribution is -0.128. The van der Waals surface area contributed by atoms with E-state index in [-0.39, 0.29) is 16.6 Å². The first-order chi connectivity index (χ1) is 14.2. The van der Waals surface area contributed by atoms with Crippen LogP contribution in [0.4, 0.5) is 0 Å². The minimum atomic E-state index is -2.62. The third-order valence-electron chi connectivity index (χ3n) is 6.72. The molecular formula is C27H36O2Si. The fourth-order valence-electron chi connectivity index (χ4n) is 5.08. The molecule has 0 saturated heterocycles. The van der Waals surface area contributed by atoms with Gasteiger partial charge in [0, 0.05) is 12.8 Å². The van der Waals surface area contributed by atoms with Gasteiger partial charge in [-0.25, -0.2) is 0 Å². The van der Waals surface area contributed by atoms with E-state index >= 15 is 0 Å². The summed E-state index contributed by atoms with van der Waals surface area (Å²) in [7, 11) is -2.62. The SMILES string of the molecule is C=CCC[C@]1(C)CC(=O)CC[C@H]1O[Si](c1ccccc1)(c1ccccc1)C(C)(C)C. The lowest BCUT2D eigenvalue weighted by Gasteiger charge is -2.50. The minimum absolute atomic E-state index is 0.0569. The summed E-state index contributed by atoms with van der Waals surface area (Å²) in [5.41, 5.74) is -0.156. The quantitative estimate of drug-likeness (QED) is 0.427. The van der Waals surface area contributed by atoms with Crippen LogP contribution in [0, 0.1) is 5.41 Å². The minimum Gasteiger partial charge on any atom is -0.404 e. The Hall–Kier alpha value is -1.97. The summed E-state index contributed by atoms with van der Waals surface area (Å²) >= 11 is 0. The first-order valence-electron chi connectivity index (χ1n) is 11.1. The molecule has 1 aliphatic carbocycles. The summed E-state index contributed by atoms with van der Waals surface area (Å²) in [5, 5.41) is 2.54. The lowest BCUT2D eigenvalue weighted by atomic mass is 9.70. The summed E-state index contributed by atoms with van der Waals surface area (Å²) in [6, 6.07) is 21.6. The molecule has 0 N–H and O–H groups in total. The normalized spacial score (nSPS) is 22.7. The Morgan fingerprint density at radius 3 is 2.07 bits per heavy atom. The van der Waals surface area contributed by atoms with Gasteiger partial charge in [-0.2, -0.15) is 0 Å². The molecule has 160 valence electrons. The third kappa shape index (κ3) is 4.38. The van der Waals surface area contributed by atoms with E-state index in [4.69, 9.17) is 4.43 Å². The van der Waals surface area contributed by atoms with Crippen LogP contribution in [0.3, 0.4) is 0 Å². The van der Waals surface area contributed by atoms with Gasteiger partial charge >= 0.3 is 0 Å². The van der Waals surface area contributed by atoms with E-state index in [1.807, 2.05) is 6.08 Å². The number of rotatable bonds is 7. The summed E-state index contributed by atoms with van der Waals surface area (Å²) < 4.78 is 7.43. The molecule has 3 heteroatoms. The van der Waals surface area contributed by atoms with Crippen LogP contribution in [0.2, 0.25) is 5.04 Å². The number of benzene rings is 2. The van der Waals surface area contributed by atoms with E-state index in [2.05, 4.69) is 94.9 Å². The first-order valence-corrected chi connectivity index (χ1v) is 13.1. The Morgan fingerprint density at radius 2 is 1.60 bits per heavy atom. The van der Waals surface area contributed by atoms with Gasteiger partial charge in [-0.05, 0) is 40.1 Å². The van der Waals surface area contributed by atoms with Crippen molar-refractivity contribution >= 4 is 24.5 Å². The van der Waals surface area contributed by atoms with Gasteiger partial charge in [-0.15, -0.1) is 6.58 Å². The van der Waals surface area contributed by atoms with Crippen molar-refractivity contribution in [2.75, 3.05) is 0 Å². The topological polar surface area (TPSA) is 26.3 Å². The monoisotopic (exact) mass is 420 g/mol. The largest absolute Gasteiger partial charge is 0.404 e. The van der Waals surface area contributed by atoms with Crippen molar-refractivity contribution in [1.29, 1.82) is 0 Å². The molecule has 0 spiro atoms. The maximum Gasteiger partial charge on any atom is 0.261 e. The summed E-state index contributed by atoms with van der Waals surface area (Å²) in [5.74, 6) is 0.365. The Labute approximate surface area is 183 Å². The van der Waals surface area contributed by atoms with E-state index in [9.17, 15) is 4.79 Å². The number of hydrogen-bond donors (Lipinski definition) is 0. The predicted molar refractivity (Wildman–Crippen MR) is 129 cm³/mol. The number of carbonyl (C=O) groups excluding carboxylic acids is 1. The maximum absolute atomic E-state index is 12.4. The van der Waals surface area contributed by atoms with E-state index in [0.717, 1.165) is 19.3 Å². The van der Waals surface area contributed by atoms with Crippen LogP contribution in [0.1, 0.15) is 59.8 Å². The maximum atomic E-state index is 12.4. The number of ketones is 1. The molecule has 1 saturated carbocycles. The molecule has 0 bridgehead atoms. The van der Waals surface area contributed by atoms with Crippen LogP contribution in [0.5, 0.6) is 0 Å². The van der Waals surface area contributed by atoms with Gasteiger partial charge in [0.15, 0.2) is 0 Å². The molecule has 0 unspecified atom stereocenters. The molecule has 0 aliphatic heterocycles. The average Bonchev–Trinajstić information content (AvgIpc) is 2.72. The molecule has 30 heavy (non-hydrogen) atoms. The molecule has 1 fully saturated rings. The van der Waals surface area contributed by atoms with E-state index in [1.165, 1.54) is 10.4 Å². The Kier molecular flexibility index (Phi) is 6.83. The Balaban J connectivity index is 2.15. The fourth-order valence-corrected chi connectivity index (χ4v) is 9.92. The highest BCUT2D eigenvalue weighted by Gasteiger charge is 2.54. The van der Waals surface area contributed by atoms with Gasteiger partial charge < -0.3 is 4.43 Å². The van der Waals surface area contributed by atoms with Gasteiger partial charge in [0.2, 0.25) is 0 Å². The number of hydrogen-bond acceptors (Lipinski definition) is 2. The van der Waals surface area contributed by atoms with Crippen LogP contribution in [-0.2, 0) is 9.22 Å². The van der Waals surface area contributed by atoms with Crippen molar-refractivity contribution in [3.05, 3.63) is 73.3 Å². The molecule has 2 aromatic rings. The number of carbonyl (C=O) groups is 1. The fraction of sp³-hybridized carbons (Fsp3) is 0.444. The van der Waals surface area contributed by atoms with Gasteiger partial charge in [-0.1, -0.05) is 94.4 Å². The number of allylic oxidation sites excluding steroid dienone is 1. The van der Waals surface area contributed by atoms with E-state index in [0.29, 0.717) is 18.6 Å². The highest BCUT2D eigenvalue weighted by atomic mass is 28.4. The molecule has 1 aliphatic rings. The van der Waals surface area contributed by atoms with Crippen molar-refractivity contribution in [2.45, 2.75) is 70.9 Å². The molecule has 2 aromatic carbocycles. The molecule has 0 amide bonds. The number of Topliss-reactive ketones (excluding diaryl/α,β-unsaturated/α-hetero) is 1. The molecule has 3 rings (SSSR count). The van der Waals surface area contributed by atoms with Crippen LogP contribution >= 0.6 is 0 Å². The molecule has 2 nitrogen and oxygen atoms in total. The van der Waals surface area contributed by atoms with Crippen LogP contribution < -0.4 is 10.4 Å². The van der Waals surface area contributed by atoms with Crippen LogP contribution in [-0.4, -0.2) is 20.2 Å². The molecule has 0 radical (unpaired) electrons. The van der Waals surface area contributed by atoms with Crippen molar-refractivity contribution in [3.63, 3.8) is 0 Å². The van der Waals surface area contributed by atoms with Gasteiger partial charge in [0.1, 0.15) is 5.78 Å². The third-order valence-corrected chi connectivity index (χ3v) is 11.8. The zero-order valence-electron chi connectivity index (χ0n) is 19.0. The summed E-state index contributed by atoms with van der Waals surface area (Å²) in [6.07, 6.45) is 5.88. The average molecular weight is 421 g/mol. The Morgan fingerprint density at radius 1 is 1.07 bits per heavy atom. The van der Waals surface area contributed by atoms with Crippen molar-refractivity contribution in [1.82, 2.24) is 0 Å². The van der Waals surface area contributed by atoms with E-state index in [1.54, 1.807) is 0 Å². The second kappa shape index (κ2) is 9.03. The summed E-state index contributed by atoms with van der Waals surface area (Å²) in [4.78, 5) is 12.4. The highest BCUT2D eigenvalue weighted by molar-refractivity contribution is 6.99. The highest BCUT2D eigenvalue weighted by Crippen LogP contribution is 2.45. The van der Waals surface area contributed by atoms with Crippen molar-refractivity contribution in [3.8, 4) is 0 Å². The van der Waals surface area contributed by atoms with Gasteiger partial charge in [-0.3, -0.25) is 4.79 Å².